The van der Waals surface area contributed by atoms with Crippen molar-refractivity contribution in [1.29, 1.82) is 0 Å². The van der Waals surface area contributed by atoms with E-state index in [9.17, 15) is 4.79 Å². The lowest BCUT2D eigenvalue weighted by atomic mass is 9.90. The maximum absolute atomic E-state index is 12.3. The molecule has 0 aliphatic heterocycles. The fourth-order valence-corrected chi connectivity index (χ4v) is 3.97. The Morgan fingerprint density at radius 1 is 0.870 bits per heavy atom. The molecule has 1 aromatic rings. The van der Waals surface area contributed by atoms with E-state index in [-0.39, 0.29) is 5.78 Å². The Hall–Kier alpha value is -1.64. The van der Waals surface area contributed by atoms with Crippen LogP contribution in [0, 0.1) is 0 Å². The molecule has 3 heteroatoms. The molecule has 23 heavy (non-hydrogen) atoms. The minimum absolute atomic E-state index is 0.0159. The topological polar surface area (TPSA) is 32.7 Å². The van der Waals surface area contributed by atoms with Crippen LogP contribution in [0.4, 0.5) is 0 Å². The fraction of sp³-hybridized carbons (Fsp3) is 0.600. The molecular weight excluding hydrogens is 284 g/mol. The highest BCUT2D eigenvalue weighted by Crippen LogP contribution is 2.30. The van der Waals surface area contributed by atoms with Gasteiger partial charge in [-0.2, -0.15) is 5.10 Å². The minimum Gasteiger partial charge on any atom is -0.291 e. The Morgan fingerprint density at radius 3 is 1.91 bits per heavy atom. The van der Waals surface area contributed by atoms with Crippen LogP contribution in [0.3, 0.4) is 0 Å². The van der Waals surface area contributed by atoms with E-state index in [1.807, 2.05) is 30.3 Å². The number of hydrogen-bond donors (Lipinski definition) is 0. The van der Waals surface area contributed by atoms with Crippen LogP contribution in [0.2, 0.25) is 0 Å². The van der Waals surface area contributed by atoms with Gasteiger partial charge in [-0.25, -0.2) is 0 Å². The molecule has 0 atom stereocenters. The molecular formula is C20H28N2O. The van der Waals surface area contributed by atoms with Gasteiger partial charge in [-0.3, -0.25) is 9.80 Å². The normalized spacial score (nSPS) is 20.7. The van der Waals surface area contributed by atoms with Crippen molar-refractivity contribution < 1.29 is 4.79 Å². The number of nitrogens with zero attached hydrogens (tertiary/aromatic N) is 2. The lowest BCUT2D eigenvalue weighted by molar-refractivity contribution is 0.0841. The summed E-state index contributed by atoms with van der Waals surface area (Å²) >= 11 is 0. The SMILES string of the molecule is O=C(/C=N\N(C1CCCCC1)C1CCCCC1)c1ccccc1. The van der Waals surface area contributed by atoms with E-state index in [2.05, 4.69) is 5.01 Å². The zero-order valence-electron chi connectivity index (χ0n) is 14.0. The van der Waals surface area contributed by atoms with Crippen molar-refractivity contribution in [3.63, 3.8) is 0 Å². The second kappa shape index (κ2) is 8.28. The maximum Gasteiger partial charge on any atom is 0.205 e. The average Bonchev–Trinajstić information content (AvgIpc) is 2.64. The number of hydrogen-bond acceptors (Lipinski definition) is 3. The third kappa shape index (κ3) is 4.43. The van der Waals surface area contributed by atoms with Crippen molar-refractivity contribution in [1.82, 2.24) is 5.01 Å². The van der Waals surface area contributed by atoms with Gasteiger partial charge in [-0.1, -0.05) is 68.9 Å². The van der Waals surface area contributed by atoms with Crippen molar-refractivity contribution in [2.45, 2.75) is 76.3 Å². The van der Waals surface area contributed by atoms with Crippen molar-refractivity contribution in [3.8, 4) is 0 Å². The minimum atomic E-state index is 0.0159. The highest BCUT2D eigenvalue weighted by atomic mass is 16.1. The smallest absolute Gasteiger partial charge is 0.205 e. The standard InChI is InChI=1S/C20H28N2O/c23-20(17-10-4-1-5-11-17)16-21-22(18-12-6-2-7-13-18)19-14-8-3-9-15-19/h1,4-5,10-11,16,18-19H,2-3,6-9,12-15H2/b21-16-. The second-order valence-electron chi connectivity index (χ2n) is 6.94. The van der Waals surface area contributed by atoms with E-state index in [0.717, 1.165) is 5.56 Å². The maximum atomic E-state index is 12.3. The summed E-state index contributed by atoms with van der Waals surface area (Å²) in [6.45, 7) is 0. The summed E-state index contributed by atoms with van der Waals surface area (Å²) < 4.78 is 0. The predicted octanol–water partition coefficient (Wildman–Crippen LogP) is 4.82. The zero-order valence-corrected chi connectivity index (χ0v) is 14.0. The number of ketones is 1. The van der Waals surface area contributed by atoms with E-state index < -0.39 is 0 Å². The molecule has 124 valence electrons. The van der Waals surface area contributed by atoms with Crippen LogP contribution in [0.5, 0.6) is 0 Å². The van der Waals surface area contributed by atoms with Gasteiger partial charge in [0.25, 0.3) is 0 Å². The number of carbonyl (C=O) groups is 1. The molecule has 0 unspecified atom stereocenters. The summed E-state index contributed by atoms with van der Waals surface area (Å²) in [6.07, 6.45) is 14.4. The van der Waals surface area contributed by atoms with Gasteiger partial charge in [-0.15, -0.1) is 0 Å². The van der Waals surface area contributed by atoms with Gasteiger partial charge in [0.2, 0.25) is 5.78 Å². The molecule has 0 bridgehead atoms. The first-order valence-electron chi connectivity index (χ1n) is 9.26. The molecule has 0 heterocycles. The third-order valence-corrected chi connectivity index (χ3v) is 5.26. The average molecular weight is 312 g/mol. The summed E-state index contributed by atoms with van der Waals surface area (Å²) in [5.41, 5.74) is 0.725. The van der Waals surface area contributed by atoms with Crippen molar-refractivity contribution in [2.24, 2.45) is 5.10 Å². The first kappa shape index (κ1) is 16.2. The lowest BCUT2D eigenvalue weighted by Gasteiger charge is -2.39. The molecule has 1 aromatic carbocycles. The monoisotopic (exact) mass is 312 g/mol. The molecule has 3 rings (SSSR count). The molecule has 0 N–H and O–H groups in total. The number of benzene rings is 1. The Bertz CT molecular complexity index is 496. The summed E-state index contributed by atoms with van der Waals surface area (Å²) in [4.78, 5) is 12.3. The largest absolute Gasteiger partial charge is 0.291 e. The van der Waals surface area contributed by atoms with Gasteiger partial charge >= 0.3 is 0 Å². The Labute approximate surface area is 139 Å². The second-order valence-corrected chi connectivity index (χ2v) is 6.94. The highest BCUT2D eigenvalue weighted by molar-refractivity contribution is 6.35. The summed E-state index contributed by atoms with van der Waals surface area (Å²) in [6, 6.07) is 10.5. The van der Waals surface area contributed by atoms with E-state index in [1.165, 1.54) is 64.2 Å². The van der Waals surface area contributed by atoms with Crippen LogP contribution < -0.4 is 0 Å². The molecule has 3 nitrogen and oxygen atoms in total. The van der Waals surface area contributed by atoms with Crippen molar-refractivity contribution in [2.75, 3.05) is 0 Å². The van der Waals surface area contributed by atoms with Crippen LogP contribution >= 0.6 is 0 Å². The third-order valence-electron chi connectivity index (χ3n) is 5.26. The molecule has 2 aliphatic rings. The summed E-state index contributed by atoms with van der Waals surface area (Å²) in [5.74, 6) is 0.0159. The van der Waals surface area contributed by atoms with Gasteiger partial charge in [0, 0.05) is 17.6 Å². The van der Waals surface area contributed by atoms with Crippen LogP contribution in [-0.4, -0.2) is 29.1 Å². The van der Waals surface area contributed by atoms with E-state index in [1.54, 1.807) is 6.21 Å². The Morgan fingerprint density at radius 2 is 1.39 bits per heavy atom. The highest BCUT2D eigenvalue weighted by Gasteiger charge is 2.27. The zero-order chi connectivity index (χ0) is 15.9. The van der Waals surface area contributed by atoms with Gasteiger partial charge in [0.1, 0.15) is 0 Å². The molecule has 0 amide bonds. The van der Waals surface area contributed by atoms with Crippen molar-refractivity contribution >= 4 is 12.0 Å². The first-order chi connectivity index (χ1) is 11.3. The Kier molecular flexibility index (Phi) is 5.84. The van der Waals surface area contributed by atoms with E-state index >= 15 is 0 Å². The number of hydrazone groups is 1. The predicted molar refractivity (Wildman–Crippen MR) is 94.8 cm³/mol. The molecule has 2 aliphatic carbocycles. The van der Waals surface area contributed by atoms with Gasteiger partial charge < -0.3 is 0 Å². The van der Waals surface area contributed by atoms with Crippen LogP contribution in [0.1, 0.15) is 74.6 Å². The molecule has 0 saturated heterocycles. The summed E-state index contributed by atoms with van der Waals surface area (Å²) in [7, 11) is 0. The molecule has 0 spiro atoms. The number of Topliss-reactive ketones (excluding diaryl/α,β-unsaturated/α-hetero) is 1. The lowest BCUT2D eigenvalue weighted by Crippen LogP contribution is -2.41. The number of carbonyl (C=O) groups excluding carboxylic acids is 1. The van der Waals surface area contributed by atoms with Gasteiger partial charge in [-0.05, 0) is 25.7 Å². The molecule has 2 fully saturated rings. The van der Waals surface area contributed by atoms with Crippen LogP contribution in [-0.2, 0) is 0 Å². The quantitative estimate of drug-likeness (QED) is 0.443. The van der Waals surface area contributed by atoms with Crippen LogP contribution in [0.15, 0.2) is 35.4 Å². The molecule has 0 radical (unpaired) electrons. The van der Waals surface area contributed by atoms with Crippen molar-refractivity contribution in [3.05, 3.63) is 35.9 Å². The Balaban J connectivity index is 1.71. The fourth-order valence-electron chi connectivity index (χ4n) is 3.97. The molecule has 0 aromatic heterocycles. The first-order valence-corrected chi connectivity index (χ1v) is 9.26. The van der Waals surface area contributed by atoms with Crippen LogP contribution in [0.25, 0.3) is 0 Å². The molecule has 2 saturated carbocycles. The van der Waals surface area contributed by atoms with Gasteiger partial charge in [0.05, 0.1) is 6.21 Å². The number of rotatable bonds is 5. The van der Waals surface area contributed by atoms with E-state index in [4.69, 9.17) is 5.10 Å². The van der Waals surface area contributed by atoms with E-state index in [0.29, 0.717) is 12.1 Å². The van der Waals surface area contributed by atoms with Gasteiger partial charge in [0.15, 0.2) is 0 Å². The summed E-state index contributed by atoms with van der Waals surface area (Å²) in [5, 5.41) is 7.01.